The van der Waals surface area contributed by atoms with Gasteiger partial charge in [-0.25, -0.2) is 14.1 Å². The fraction of sp³-hybridized carbons (Fsp3) is 0.105. The van der Waals surface area contributed by atoms with Crippen LogP contribution in [0.25, 0.3) is 21.9 Å². The first-order valence-corrected chi connectivity index (χ1v) is 7.82. The van der Waals surface area contributed by atoms with Crippen LogP contribution < -0.4 is 5.32 Å². The predicted molar refractivity (Wildman–Crippen MR) is 95.1 cm³/mol. The highest BCUT2D eigenvalue weighted by atomic mass is 19.1. The number of pyridine rings is 1. The molecule has 1 amide bonds. The van der Waals surface area contributed by atoms with Crippen LogP contribution in [0.4, 0.5) is 10.2 Å². The summed E-state index contributed by atoms with van der Waals surface area (Å²) in [4.78, 5) is 17.0. The zero-order valence-electron chi connectivity index (χ0n) is 13.7. The molecule has 2 aromatic carbocycles. The lowest BCUT2D eigenvalue weighted by Gasteiger charge is -2.03. The number of amides is 1. The van der Waals surface area contributed by atoms with E-state index in [1.54, 1.807) is 11.7 Å². The molecular formula is C19H15FN4O. The molecule has 0 bridgehead atoms. The summed E-state index contributed by atoms with van der Waals surface area (Å²) in [5, 5.41) is 8.88. The molecule has 0 aliphatic carbocycles. The molecule has 1 N–H and O–H groups in total. The van der Waals surface area contributed by atoms with Crippen LogP contribution in [0.3, 0.4) is 0 Å². The molecule has 0 saturated carbocycles. The predicted octanol–water partition coefficient (Wildman–Crippen LogP) is 3.82. The van der Waals surface area contributed by atoms with Crippen molar-refractivity contribution >= 4 is 33.7 Å². The maximum atomic E-state index is 13.0. The number of nitrogens with one attached hydrogen (secondary N) is 1. The molecule has 0 fully saturated rings. The van der Waals surface area contributed by atoms with Gasteiger partial charge in [-0.05, 0) is 48.9 Å². The number of hydrogen-bond donors (Lipinski definition) is 1. The molecule has 0 unspecified atom stereocenters. The quantitative estimate of drug-likeness (QED) is 0.606. The number of fused-ring (bicyclic) bond motifs is 2. The van der Waals surface area contributed by atoms with Crippen molar-refractivity contribution in [2.24, 2.45) is 7.05 Å². The summed E-state index contributed by atoms with van der Waals surface area (Å²) in [6.45, 7) is 2.02. The third-order valence-corrected chi connectivity index (χ3v) is 4.10. The molecule has 4 rings (SSSR count). The summed E-state index contributed by atoms with van der Waals surface area (Å²) in [7, 11) is 1.78. The highest BCUT2D eigenvalue weighted by Gasteiger charge is 2.15. The van der Waals surface area contributed by atoms with Crippen LogP contribution in [-0.2, 0) is 7.05 Å². The molecule has 0 aliphatic heterocycles. The van der Waals surface area contributed by atoms with Crippen LogP contribution in [0.15, 0.2) is 48.5 Å². The van der Waals surface area contributed by atoms with Gasteiger partial charge < -0.3 is 5.32 Å². The normalized spacial score (nSPS) is 11.2. The number of rotatable bonds is 2. The van der Waals surface area contributed by atoms with Crippen molar-refractivity contribution in [3.05, 3.63) is 65.5 Å². The second-order valence-corrected chi connectivity index (χ2v) is 5.99. The van der Waals surface area contributed by atoms with Gasteiger partial charge in [0.1, 0.15) is 5.82 Å². The molecule has 25 heavy (non-hydrogen) atoms. The third-order valence-electron chi connectivity index (χ3n) is 4.10. The number of carbonyl (C=O) groups excluding carboxylic acids is 1. The van der Waals surface area contributed by atoms with E-state index in [-0.39, 0.29) is 11.7 Å². The summed E-state index contributed by atoms with van der Waals surface area (Å²) in [6, 6.07) is 13.4. The Kier molecular flexibility index (Phi) is 3.46. The van der Waals surface area contributed by atoms with Gasteiger partial charge in [0.25, 0.3) is 5.91 Å². The number of nitrogens with zero attached hydrogens (tertiary/aromatic N) is 3. The molecule has 124 valence electrons. The number of hydrogen-bond acceptors (Lipinski definition) is 3. The van der Waals surface area contributed by atoms with Crippen LogP contribution in [0.2, 0.25) is 0 Å². The summed E-state index contributed by atoms with van der Waals surface area (Å²) in [6.07, 6.45) is 0. The standard InChI is InChI=1S/C19H15FN4O/c1-11-3-4-13-10-15-17(23-24(2)18(15)21-16(13)9-11)22-19(25)12-5-7-14(20)8-6-12/h3-10H,1-2H3,(H,22,23,25). The van der Waals surface area contributed by atoms with E-state index in [1.807, 2.05) is 31.2 Å². The van der Waals surface area contributed by atoms with E-state index in [1.165, 1.54) is 24.3 Å². The van der Waals surface area contributed by atoms with Gasteiger partial charge in [0.2, 0.25) is 0 Å². The van der Waals surface area contributed by atoms with E-state index < -0.39 is 0 Å². The Hall–Kier alpha value is -3.28. The van der Waals surface area contributed by atoms with E-state index in [0.717, 1.165) is 21.9 Å². The van der Waals surface area contributed by atoms with Crippen LogP contribution in [0.1, 0.15) is 15.9 Å². The molecule has 0 aliphatic rings. The third kappa shape index (κ3) is 2.71. The molecule has 6 heteroatoms. The van der Waals surface area contributed by atoms with Gasteiger partial charge in [0.05, 0.1) is 10.9 Å². The van der Waals surface area contributed by atoms with Crippen molar-refractivity contribution in [2.75, 3.05) is 5.32 Å². The Morgan fingerprint density at radius 1 is 1.12 bits per heavy atom. The lowest BCUT2D eigenvalue weighted by Crippen LogP contribution is -2.12. The molecule has 5 nitrogen and oxygen atoms in total. The van der Waals surface area contributed by atoms with Crippen molar-refractivity contribution in [2.45, 2.75) is 6.92 Å². The Morgan fingerprint density at radius 2 is 1.88 bits per heavy atom. The van der Waals surface area contributed by atoms with Crippen molar-refractivity contribution in [3.63, 3.8) is 0 Å². The lowest BCUT2D eigenvalue weighted by molar-refractivity contribution is 0.102. The van der Waals surface area contributed by atoms with Gasteiger partial charge in [-0.2, -0.15) is 5.10 Å². The maximum absolute atomic E-state index is 13.0. The zero-order valence-corrected chi connectivity index (χ0v) is 13.7. The largest absolute Gasteiger partial charge is 0.305 e. The summed E-state index contributed by atoms with van der Waals surface area (Å²) < 4.78 is 14.6. The van der Waals surface area contributed by atoms with Gasteiger partial charge >= 0.3 is 0 Å². The first-order chi connectivity index (χ1) is 12.0. The average Bonchev–Trinajstić information content (AvgIpc) is 2.88. The summed E-state index contributed by atoms with van der Waals surface area (Å²) in [5.41, 5.74) is 3.07. The zero-order chi connectivity index (χ0) is 17.6. The Bertz CT molecular complexity index is 1120. The van der Waals surface area contributed by atoms with Gasteiger partial charge in [-0.15, -0.1) is 0 Å². The van der Waals surface area contributed by atoms with Crippen LogP contribution >= 0.6 is 0 Å². The van der Waals surface area contributed by atoms with Gasteiger partial charge in [0.15, 0.2) is 11.5 Å². The van der Waals surface area contributed by atoms with Crippen molar-refractivity contribution in [1.29, 1.82) is 0 Å². The molecule has 0 spiro atoms. The highest BCUT2D eigenvalue weighted by molar-refractivity contribution is 6.08. The fourth-order valence-electron chi connectivity index (χ4n) is 2.81. The molecule has 4 aromatic rings. The van der Waals surface area contributed by atoms with Crippen molar-refractivity contribution < 1.29 is 9.18 Å². The molecule has 0 radical (unpaired) electrons. The summed E-state index contributed by atoms with van der Waals surface area (Å²) >= 11 is 0. The minimum Gasteiger partial charge on any atom is -0.305 e. The second kappa shape index (κ2) is 5.66. The van der Waals surface area contributed by atoms with Gasteiger partial charge in [-0.1, -0.05) is 12.1 Å². The minimum absolute atomic E-state index is 0.344. The second-order valence-electron chi connectivity index (χ2n) is 5.99. The average molecular weight is 334 g/mol. The first-order valence-electron chi connectivity index (χ1n) is 7.82. The molecule has 2 aromatic heterocycles. The van der Waals surface area contributed by atoms with Gasteiger partial charge in [-0.3, -0.25) is 4.79 Å². The Morgan fingerprint density at radius 3 is 2.64 bits per heavy atom. The van der Waals surface area contributed by atoms with Gasteiger partial charge in [0, 0.05) is 18.0 Å². The number of halogens is 1. The topological polar surface area (TPSA) is 59.8 Å². The number of benzene rings is 2. The highest BCUT2D eigenvalue weighted by Crippen LogP contribution is 2.26. The van der Waals surface area contributed by atoms with E-state index in [4.69, 9.17) is 0 Å². The van der Waals surface area contributed by atoms with E-state index in [2.05, 4.69) is 15.4 Å². The van der Waals surface area contributed by atoms with Crippen molar-refractivity contribution in [3.8, 4) is 0 Å². The van der Waals surface area contributed by atoms with Crippen molar-refractivity contribution in [1.82, 2.24) is 14.8 Å². The SMILES string of the molecule is Cc1ccc2cc3c(NC(=O)c4ccc(F)cc4)nn(C)c3nc2c1. The Labute approximate surface area is 143 Å². The van der Waals surface area contributed by atoms with E-state index >= 15 is 0 Å². The van der Waals surface area contributed by atoms with E-state index in [0.29, 0.717) is 17.0 Å². The smallest absolute Gasteiger partial charge is 0.256 e. The molecule has 0 atom stereocenters. The molecule has 0 saturated heterocycles. The first kappa shape index (κ1) is 15.3. The van der Waals surface area contributed by atoms with Crippen LogP contribution in [0.5, 0.6) is 0 Å². The Balaban J connectivity index is 1.78. The molecule has 2 heterocycles. The van der Waals surface area contributed by atoms with Crippen LogP contribution in [-0.4, -0.2) is 20.7 Å². The number of carbonyl (C=O) groups is 1. The molecular weight excluding hydrogens is 319 g/mol. The lowest BCUT2D eigenvalue weighted by atomic mass is 10.1. The summed E-state index contributed by atoms with van der Waals surface area (Å²) in [5.74, 6) is -0.295. The minimum atomic E-state index is -0.384. The van der Waals surface area contributed by atoms with E-state index in [9.17, 15) is 9.18 Å². The monoisotopic (exact) mass is 334 g/mol. The fourth-order valence-corrected chi connectivity index (χ4v) is 2.81. The maximum Gasteiger partial charge on any atom is 0.256 e. The number of aromatic nitrogens is 3. The van der Waals surface area contributed by atoms with Crippen LogP contribution in [0, 0.1) is 12.7 Å². The number of aryl methyl sites for hydroxylation is 2. The number of anilines is 1.